The molecule has 2 heterocycles. The highest BCUT2D eigenvalue weighted by molar-refractivity contribution is 5.97. The average Bonchev–Trinajstić information content (AvgIpc) is 2.95. The third-order valence-electron chi connectivity index (χ3n) is 4.75. The lowest BCUT2D eigenvalue weighted by Gasteiger charge is -2.31. The Balaban J connectivity index is 1.91. The van der Waals surface area contributed by atoms with Crippen molar-refractivity contribution in [2.45, 2.75) is 20.8 Å². The molecule has 2 aromatic rings. The molecule has 0 saturated carbocycles. The van der Waals surface area contributed by atoms with Crippen LogP contribution < -0.4 is 4.74 Å². The van der Waals surface area contributed by atoms with Gasteiger partial charge in [-0.15, -0.1) is 0 Å². The van der Waals surface area contributed by atoms with Gasteiger partial charge in [-0.3, -0.25) is 4.79 Å². The van der Waals surface area contributed by atoms with Gasteiger partial charge in [0.15, 0.2) is 0 Å². The lowest BCUT2D eigenvalue weighted by Crippen LogP contribution is -2.46. The van der Waals surface area contributed by atoms with Gasteiger partial charge in [0.05, 0.1) is 12.9 Å². The average molecular weight is 342 g/mol. The molecule has 5 heteroatoms. The summed E-state index contributed by atoms with van der Waals surface area (Å²) >= 11 is 0. The normalized spacial score (nSPS) is 16.5. The SMILES string of the molecule is CCOc1cc2occ(C)c2cc1/C(C)=C/C(=O)N1CCN(C)CC1. The van der Waals surface area contributed by atoms with E-state index >= 15 is 0 Å². The zero-order chi connectivity index (χ0) is 18.0. The number of likely N-dealkylation sites (N-methyl/N-ethyl adjacent to an activating group) is 1. The van der Waals surface area contributed by atoms with Crippen molar-refractivity contribution < 1.29 is 13.9 Å². The van der Waals surface area contributed by atoms with Crippen molar-refractivity contribution in [2.75, 3.05) is 39.8 Å². The number of ether oxygens (including phenoxy) is 1. The van der Waals surface area contributed by atoms with E-state index in [1.165, 1.54) is 0 Å². The van der Waals surface area contributed by atoms with Gasteiger partial charge in [0, 0.05) is 49.3 Å². The molecule has 0 spiro atoms. The van der Waals surface area contributed by atoms with E-state index in [1.807, 2.05) is 31.7 Å². The second-order valence-corrected chi connectivity index (χ2v) is 6.65. The maximum atomic E-state index is 12.6. The van der Waals surface area contributed by atoms with Crippen LogP contribution in [0.25, 0.3) is 16.5 Å². The molecule has 1 aliphatic heterocycles. The lowest BCUT2D eigenvalue weighted by atomic mass is 10.0. The number of hydrogen-bond donors (Lipinski definition) is 0. The summed E-state index contributed by atoms with van der Waals surface area (Å²) in [6, 6.07) is 3.97. The summed E-state index contributed by atoms with van der Waals surface area (Å²) in [6.07, 6.45) is 3.48. The highest BCUT2D eigenvalue weighted by Crippen LogP contribution is 2.33. The van der Waals surface area contributed by atoms with Gasteiger partial charge in [0.2, 0.25) is 5.91 Å². The van der Waals surface area contributed by atoms with Gasteiger partial charge in [-0.05, 0) is 45.0 Å². The number of benzene rings is 1. The van der Waals surface area contributed by atoms with Crippen molar-refractivity contribution >= 4 is 22.4 Å². The van der Waals surface area contributed by atoms with E-state index in [-0.39, 0.29) is 5.91 Å². The van der Waals surface area contributed by atoms with E-state index in [0.29, 0.717) is 6.61 Å². The van der Waals surface area contributed by atoms with Crippen molar-refractivity contribution in [1.29, 1.82) is 0 Å². The van der Waals surface area contributed by atoms with E-state index < -0.39 is 0 Å². The minimum Gasteiger partial charge on any atom is -0.493 e. The Morgan fingerprint density at radius 3 is 2.68 bits per heavy atom. The van der Waals surface area contributed by atoms with Gasteiger partial charge in [0.1, 0.15) is 11.3 Å². The first-order chi connectivity index (χ1) is 12.0. The van der Waals surface area contributed by atoms with Crippen LogP contribution in [0.5, 0.6) is 5.75 Å². The molecule has 1 aromatic carbocycles. The molecule has 0 radical (unpaired) electrons. The Morgan fingerprint density at radius 2 is 2.00 bits per heavy atom. The molecule has 134 valence electrons. The summed E-state index contributed by atoms with van der Waals surface area (Å²) < 4.78 is 11.4. The number of fused-ring (bicyclic) bond motifs is 1. The van der Waals surface area contributed by atoms with Crippen molar-refractivity contribution in [3.8, 4) is 5.75 Å². The Kier molecular flexibility index (Phi) is 5.13. The predicted octanol–water partition coefficient (Wildman–Crippen LogP) is 3.32. The number of allylic oxidation sites excluding steroid dienone is 1. The van der Waals surface area contributed by atoms with Crippen LogP contribution in [0.3, 0.4) is 0 Å². The van der Waals surface area contributed by atoms with Gasteiger partial charge < -0.3 is 19.0 Å². The largest absolute Gasteiger partial charge is 0.493 e. The molecular formula is C20H26N2O3. The van der Waals surface area contributed by atoms with Crippen LogP contribution in [-0.4, -0.2) is 55.5 Å². The monoisotopic (exact) mass is 342 g/mol. The Labute approximate surface area is 148 Å². The summed E-state index contributed by atoms with van der Waals surface area (Å²) in [4.78, 5) is 16.8. The van der Waals surface area contributed by atoms with Crippen molar-refractivity contribution in [3.63, 3.8) is 0 Å². The molecule has 5 nitrogen and oxygen atoms in total. The summed E-state index contributed by atoms with van der Waals surface area (Å²) in [5, 5.41) is 1.05. The minimum atomic E-state index is 0.0667. The fourth-order valence-electron chi connectivity index (χ4n) is 3.15. The van der Waals surface area contributed by atoms with Gasteiger partial charge in [-0.1, -0.05) is 0 Å². The molecule has 1 aliphatic rings. The van der Waals surface area contributed by atoms with Crippen LogP contribution in [0.1, 0.15) is 25.0 Å². The van der Waals surface area contributed by atoms with Gasteiger partial charge in [-0.25, -0.2) is 0 Å². The highest BCUT2D eigenvalue weighted by Gasteiger charge is 2.19. The van der Waals surface area contributed by atoms with Crippen LogP contribution in [0.15, 0.2) is 28.9 Å². The highest BCUT2D eigenvalue weighted by atomic mass is 16.5. The van der Waals surface area contributed by atoms with Crippen LogP contribution >= 0.6 is 0 Å². The van der Waals surface area contributed by atoms with Gasteiger partial charge in [0.25, 0.3) is 0 Å². The van der Waals surface area contributed by atoms with E-state index in [0.717, 1.165) is 59.6 Å². The number of rotatable bonds is 4. The first-order valence-corrected chi connectivity index (χ1v) is 8.80. The Hall–Kier alpha value is -2.27. The Bertz CT molecular complexity index is 799. The second kappa shape index (κ2) is 7.31. The molecule has 0 aliphatic carbocycles. The van der Waals surface area contributed by atoms with E-state index in [2.05, 4.69) is 18.0 Å². The van der Waals surface area contributed by atoms with E-state index in [4.69, 9.17) is 9.15 Å². The number of aryl methyl sites for hydroxylation is 1. The minimum absolute atomic E-state index is 0.0667. The molecular weight excluding hydrogens is 316 g/mol. The number of amides is 1. The fraction of sp³-hybridized carbons (Fsp3) is 0.450. The molecule has 0 bridgehead atoms. The van der Waals surface area contributed by atoms with Crippen LogP contribution in [0.4, 0.5) is 0 Å². The zero-order valence-electron chi connectivity index (χ0n) is 15.5. The number of piperazine rings is 1. The lowest BCUT2D eigenvalue weighted by molar-refractivity contribution is -0.127. The molecule has 0 unspecified atom stereocenters. The van der Waals surface area contributed by atoms with Gasteiger partial charge >= 0.3 is 0 Å². The maximum absolute atomic E-state index is 12.6. The van der Waals surface area contributed by atoms with Crippen LogP contribution in [0.2, 0.25) is 0 Å². The number of nitrogens with zero attached hydrogens (tertiary/aromatic N) is 2. The molecule has 1 aromatic heterocycles. The molecule has 0 N–H and O–H groups in total. The molecule has 3 rings (SSSR count). The van der Waals surface area contributed by atoms with Crippen molar-refractivity contribution in [1.82, 2.24) is 9.80 Å². The topological polar surface area (TPSA) is 45.9 Å². The quantitative estimate of drug-likeness (QED) is 0.800. The zero-order valence-corrected chi connectivity index (χ0v) is 15.5. The van der Waals surface area contributed by atoms with Gasteiger partial charge in [-0.2, -0.15) is 0 Å². The number of furan rings is 1. The van der Waals surface area contributed by atoms with Crippen LogP contribution in [0, 0.1) is 6.92 Å². The third kappa shape index (κ3) is 3.71. The summed E-state index contributed by atoms with van der Waals surface area (Å²) in [5.41, 5.74) is 3.75. The summed E-state index contributed by atoms with van der Waals surface area (Å²) in [6.45, 7) is 9.89. The third-order valence-corrected chi connectivity index (χ3v) is 4.75. The molecule has 1 fully saturated rings. The maximum Gasteiger partial charge on any atom is 0.246 e. The molecule has 25 heavy (non-hydrogen) atoms. The molecule has 0 atom stereocenters. The second-order valence-electron chi connectivity index (χ2n) is 6.65. The standard InChI is InChI=1S/C20H26N2O3/c1-5-24-18-12-19-17(15(3)13-25-19)11-16(18)14(2)10-20(23)22-8-6-21(4)7-9-22/h10-13H,5-9H2,1-4H3/b14-10+. The van der Waals surface area contributed by atoms with E-state index in [1.54, 1.807) is 12.3 Å². The number of hydrogen-bond acceptors (Lipinski definition) is 4. The first-order valence-electron chi connectivity index (χ1n) is 8.80. The number of carbonyl (C=O) groups is 1. The number of carbonyl (C=O) groups excluding carboxylic acids is 1. The first kappa shape index (κ1) is 17.5. The van der Waals surface area contributed by atoms with Crippen molar-refractivity contribution in [3.05, 3.63) is 35.6 Å². The fourth-order valence-corrected chi connectivity index (χ4v) is 3.15. The predicted molar refractivity (Wildman–Crippen MR) is 99.8 cm³/mol. The van der Waals surface area contributed by atoms with Crippen LogP contribution in [-0.2, 0) is 4.79 Å². The van der Waals surface area contributed by atoms with Crippen molar-refractivity contribution in [2.24, 2.45) is 0 Å². The summed E-state index contributed by atoms with van der Waals surface area (Å²) in [7, 11) is 2.08. The molecule has 1 amide bonds. The Morgan fingerprint density at radius 1 is 1.28 bits per heavy atom. The van der Waals surface area contributed by atoms with E-state index in [9.17, 15) is 4.79 Å². The summed E-state index contributed by atoms with van der Waals surface area (Å²) in [5.74, 6) is 0.821. The smallest absolute Gasteiger partial charge is 0.246 e. The molecule has 1 saturated heterocycles.